The summed E-state index contributed by atoms with van der Waals surface area (Å²) in [5.74, 6) is -0.261. The Morgan fingerprint density at radius 1 is 0.971 bits per heavy atom. The van der Waals surface area contributed by atoms with Gasteiger partial charge in [0.1, 0.15) is 5.75 Å². The molecule has 3 rings (SSSR count). The maximum Gasteiger partial charge on any atom is 0.513 e. The van der Waals surface area contributed by atoms with Crippen molar-refractivity contribution < 1.29 is 23.9 Å². The maximum absolute atomic E-state index is 12.4. The van der Waals surface area contributed by atoms with E-state index in [0.29, 0.717) is 11.3 Å². The first-order valence-electron chi connectivity index (χ1n) is 10.5. The summed E-state index contributed by atoms with van der Waals surface area (Å²) >= 11 is 3.44. The second kappa shape index (κ2) is 12.4. The Morgan fingerprint density at radius 2 is 1.74 bits per heavy atom. The van der Waals surface area contributed by atoms with E-state index in [1.54, 1.807) is 43.3 Å². The van der Waals surface area contributed by atoms with E-state index in [1.165, 1.54) is 18.2 Å². The minimum absolute atomic E-state index is 0.215. The summed E-state index contributed by atoms with van der Waals surface area (Å²) < 4.78 is 10.6. The van der Waals surface area contributed by atoms with Crippen LogP contribution in [0.2, 0.25) is 0 Å². The summed E-state index contributed by atoms with van der Waals surface area (Å²) in [6, 6.07) is 21.0. The molecule has 2 N–H and O–H groups in total. The molecule has 0 aliphatic heterocycles. The summed E-state index contributed by atoms with van der Waals surface area (Å²) in [5, 5.41) is 5.64. The summed E-state index contributed by atoms with van der Waals surface area (Å²) in [6.07, 6.45) is 2.39. The number of amides is 2. The third-order valence-corrected chi connectivity index (χ3v) is 5.27. The highest BCUT2D eigenvalue weighted by atomic mass is 79.9. The first kappa shape index (κ1) is 24.7. The van der Waals surface area contributed by atoms with Crippen molar-refractivity contribution in [2.75, 3.05) is 11.9 Å². The van der Waals surface area contributed by atoms with Crippen LogP contribution in [0.4, 0.5) is 10.5 Å². The van der Waals surface area contributed by atoms with Crippen LogP contribution >= 0.6 is 15.9 Å². The predicted molar refractivity (Wildman–Crippen MR) is 134 cm³/mol. The van der Waals surface area contributed by atoms with Crippen LogP contribution < -0.4 is 15.4 Å². The summed E-state index contributed by atoms with van der Waals surface area (Å²) in [4.78, 5) is 36.1. The lowest BCUT2D eigenvalue weighted by Crippen LogP contribution is -2.22. The fourth-order valence-electron chi connectivity index (χ4n) is 2.92. The third-order valence-electron chi connectivity index (χ3n) is 4.55. The van der Waals surface area contributed by atoms with Gasteiger partial charge in [-0.2, -0.15) is 0 Å². The molecule has 2 amide bonds. The molecule has 3 aromatic carbocycles. The van der Waals surface area contributed by atoms with Crippen LogP contribution in [-0.2, 0) is 16.1 Å². The average Bonchev–Trinajstić information content (AvgIpc) is 2.83. The quantitative estimate of drug-likeness (QED) is 0.229. The highest BCUT2D eigenvalue weighted by Gasteiger charge is 2.09. The van der Waals surface area contributed by atoms with Gasteiger partial charge in [0.05, 0.1) is 6.61 Å². The largest absolute Gasteiger partial charge is 0.513 e. The molecule has 0 spiro atoms. The Hall–Kier alpha value is -3.91. The van der Waals surface area contributed by atoms with Crippen molar-refractivity contribution in [3.05, 3.63) is 100 Å². The van der Waals surface area contributed by atoms with Crippen LogP contribution in [0.5, 0.6) is 5.75 Å². The molecule has 0 heterocycles. The van der Waals surface area contributed by atoms with Crippen LogP contribution in [0.15, 0.2) is 83.3 Å². The summed E-state index contributed by atoms with van der Waals surface area (Å²) in [5.41, 5.74) is 2.75. The van der Waals surface area contributed by atoms with E-state index < -0.39 is 6.16 Å². The molecule has 0 unspecified atom stereocenters. The number of rotatable bonds is 8. The standard InChI is InChI=1S/C26H23BrN2O5/c1-2-33-26(32)34-22-13-10-20(11-14-22)25(31)28-17-18-6-5-8-21(16-18)29-24(30)15-12-19-7-3-4-9-23(19)27/h3-16H,2,17H2,1H3,(H,28,31)(H,29,30)/b15-12+. The Labute approximate surface area is 205 Å². The molecule has 0 aliphatic carbocycles. The van der Waals surface area contributed by atoms with Gasteiger partial charge in [0.2, 0.25) is 5.91 Å². The van der Waals surface area contributed by atoms with E-state index in [1.807, 2.05) is 30.3 Å². The molecule has 34 heavy (non-hydrogen) atoms. The Balaban J connectivity index is 1.53. The third kappa shape index (κ3) is 7.60. The first-order chi connectivity index (χ1) is 16.4. The molecule has 174 valence electrons. The van der Waals surface area contributed by atoms with Crippen molar-refractivity contribution in [3.63, 3.8) is 0 Å². The second-order valence-corrected chi connectivity index (χ2v) is 7.89. The smallest absolute Gasteiger partial charge is 0.434 e. The van der Waals surface area contributed by atoms with E-state index in [0.717, 1.165) is 15.6 Å². The van der Waals surface area contributed by atoms with Gasteiger partial charge in [0, 0.05) is 28.3 Å². The molecule has 0 atom stereocenters. The van der Waals surface area contributed by atoms with Crippen molar-refractivity contribution >= 4 is 45.7 Å². The maximum atomic E-state index is 12.4. The number of benzene rings is 3. The number of hydrogen-bond acceptors (Lipinski definition) is 5. The summed E-state index contributed by atoms with van der Waals surface area (Å²) in [6.45, 7) is 2.17. The monoisotopic (exact) mass is 522 g/mol. The van der Waals surface area contributed by atoms with Crippen molar-refractivity contribution in [3.8, 4) is 5.75 Å². The van der Waals surface area contributed by atoms with E-state index in [4.69, 9.17) is 9.47 Å². The van der Waals surface area contributed by atoms with Gasteiger partial charge in [-0.1, -0.05) is 46.3 Å². The molecule has 7 nitrogen and oxygen atoms in total. The van der Waals surface area contributed by atoms with Gasteiger partial charge in [-0.3, -0.25) is 9.59 Å². The van der Waals surface area contributed by atoms with Gasteiger partial charge in [-0.25, -0.2) is 4.79 Å². The molecule has 0 aliphatic rings. The van der Waals surface area contributed by atoms with Crippen molar-refractivity contribution in [2.45, 2.75) is 13.5 Å². The van der Waals surface area contributed by atoms with Gasteiger partial charge in [0.15, 0.2) is 0 Å². The number of anilines is 1. The number of hydrogen-bond donors (Lipinski definition) is 2. The van der Waals surface area contributed by atoms with Gasteiger partial charge in [-0.15, -0.1) is 0 Å². The normalized spacial score (nSPS) is 10.5. The van der Waals surface area contributed by atoms with Gasteiger partial charge < -0.3 is 20.1 Å². The molecule has 0 bridgehead atoms. The van der Waals surface area contributed by atoms with E-state index in [9.17, 15) is 14.4 Å². The molecule has 8 heteroatoms. The molecule has 0 fully saturated rings. The van der Waals surface area contributed by atoms with Crippen molar-refractivity contribution in [1.82, 2.24) is 5.32 Å². The number of carbonyl (C=O) groups is 3. The molecule has 3 aromatic rings. The van der Waals surface area contributed by atoms with E-state index in [2.05, 4.69) is 26.6 Å². The van der Waals surface area contributed by atoms with E-state index >= 15 is 0 Å². The highest BCUT2D eigenvalue weighted by molar-refractivity contribution is 9.10. The molecular formula is C26H23BrN2O5. The number of halogens is 1. The van der Waals surface area contributed by atoms with Crippen molar-refractivity contribution in [2.24, 2.45) is 0 Å². The van der Waals surface area contributed by atoms with Crippen LogP contribution in [0, 0.1) is 0 Å². The zero-order valence-electron chi connectivity index (χ0n) is 18.4. The van der Waals surface area contributed by atoms with Crippen LogP contribution in [0.25, 0.3) is 6.08 Å². The Morgan fingerprint density at radius 3 is 2.47 bits per heavy atom. The second-order valence-electron chi connectivity index (χ2n) is 7.04. The van der Waals surface area contributed by atoms with Gasteiger partial charge >= 0.3 is 6.16 Å². The molecular weight excluding hydrogens is 500 g/mol. The zero-order chi connectivity index (χ0) is 24.3. The molecule has 0 saturated heterocycles. The predicted octanol–water partition coefficient (Wildman–Crippen LogP) is 5.57. The number of nitrogens with one attached hydrogen (secondary N) is 2. The lowest BCUT2D eigenvalue weighted by molar-refractivity contribution is -0.111. The summed E-state index contributed by atoms with van der Waals surface area (Å²) in [7, 11) is 0. The van der Waals surface area contributed by atoms with Crippen LogP contribution in [-0.4, -0.2) is 24.6 Å². The molecule has 0 radical (unpaired) electrons. The minimum atomic E-state index is -0.796. The van der Waals surface area contributed by atoms with Crippen LogP contribution in [0.1, 0.15) is 28.4 Å². The molecule has 0 saturated carbocycles. The van der Waals surface area contributed by atoms with Crippen molar-refractivity contribution in [1.29, 1.82) is 0 Å². The fraction of sp³-hybridized carbons (Fsp3) is 0.115. The SMILES string of the molecule is CCOC(=O)Oc1ccc(C(=O)NCc2cccc(NC(=O)/C=C/c3ccccc3Br)c2)cc1. The Bertz CT molecular complexity index is 1190. The fourth-order valence-corrected chi connectivity index (χ4v) is 3.34. The van der Waals surface area contributed by atoms with E-state index in [-0.39, 0.29) is 30.7 Å². The Kier molecular flexibility index (Phi) is 8.99. The first-order valence-corrected chi connectivity index (χ1v) is 11.3. The average molecular weight is 523 g/mol. The lowest BCUT2D eigenvalue weighted by atomic mass is 10.1. The highest BCUT2D eigenvalue weighted by Crippen LogP contribution is 2.18. The minimum Gasteiger partial charge on any atom is -0.434 e. The zero-order valence-corrected chi connectivity index (χ0v) is 20.0. The topological polar surface area (TPSA) is 93.7 Å². The number of carbonyl (C=O) groups excluding carboxylic acids is 3. The lowest BCUT2D eigenvalue weighted by Gasteiger charge is -2.09. The van der Waals surface area contributed by atoms with Gasteiger partial charge in [-0.05, 0) is 66.6 Å². The molecule has 0 aromatic heterocycles. The number of ether oxygens (including phenoxy) is 2. The van der Waals surface area contributed by atoms with Gasteiger partial charge in [0.25, 0.3) is 5.91 Å². The van der Waals surface area contributed by atoms with Crippen LogP contribution in [0.3, 0.4) is 0 Å².